The molecule has 3 rings (SSSR count). The number of hydrazine groups is 1. The van der Waals surface area contributed by atoms with Crippen LogP contribution in [0.15, 0.2) is 35.5 Å². The van der Waals surface area contributed by atoms with Gasteiger partial charge in [-0.1, -0.05) is 12.1 Å². The molecule has 1 aromatic carbocycles. The van der Waals surface area contributed by atoms with E-state index >= 15 is 0 Å². The normalized spacial score (nSPS) is 28.2. The van der Waals surface area contributed by atoms with Gasteiger partial charge in [-0.3, -0.25) is 0 Å². The summed E-state index contributed by atoms with van der Waals surface area (Å²) in [6.45, 7) is 11.4. The van der Waals surface area contributed by atoms with Crippen molar-refractivity contribution in [3.8, 4) is 5.75 Å². The van der Waals surface area contributed by atoms with Gasteiger partial charge in [0.25, 0.3) is 0 Å². The molecule has 2 aliphatic heterocycles. The van der Waals surface area contributed by atoms with Crippen LogP contribution in [0.1, 0.15) is 47.1 Å². The van der Waals surface area contributed by atoms with Gasteiger partial charge in [-0.2, -0.15) is 0 Å². The molecule has 1 unspecified atom stereocenters. The molecule has 2 aliphatic rings. The van der Waals surface area contributed by atoms with Crippen molar-refractivity contribution in [2.75, 3.05) is 13.2 Å². The molecular formula is C26H40N2O9. The second kappa shape index (κ2) is 12.9. The van der Waals surface area contributed by atoms with Crippen molar-refractivity contribution in [3.63, 3.8) is 0 Å². The molecule has 0 saturated carbocycles. The molecule has 11 heteroatoms. The molecule has 0 bridgehead atoms. The van der Waals surface area contributed by atoms with Crippen molar-refractivity contribution >= 4 is 6.16 Å². The number of hydrogen-bond acceptors (Lipinski definition) is 11. The van der Waals surface area contributed by atoms with Crippen LogP contribution in [-0.4, -0.2) is 88.8 Å². The van der Waals surface area contributed by atoms with Gasteiger partial charge < -0.3 is 44.0 Å². The summed E-state index contributed by atoms with van der Waals surface area (Å²) in [4.78, 5) is 11.6. The highest BCUT2D eigenvalue weighted by Crippen LogP contribution is 2.31. The van der Waals surface area contributed by atoms with Gasteiger partial charge >= 0.3 is 6.16 Å². The van der Waals surface area contributed by atoms with E-state index in [0.717, 1.165) is 22.6 Å². The van der Waals surface area contributed by atoms with E-state index in [-0.39, 0.29) is 25.4 Å². The van der Waals surface area contributed by atoms with Crippen molar-refractivity contribution in [3.05, 3.63) is 41.1 Å². The summed E-state index contributed by atoms with van der Waals surface area (Å²) in [6.07, 6.45) is -7.99. The van der Waals surface area contributed by atoms with E-state index in [1.807, 2.05) is 63.9 Å². The van der Waals surface area contributed by atoms with Gasteiger partial charge in [0.05, 0.1) is 12.7 Å². The Hall–Kier alpha value is -2.41. The molecule has 6 atom stereocenters. The predicted molar refractivity (Wildman–Crippen MR) is 133 cm³/mol. The molecule has 208 valence electrons. The highest BCUT2D eigenvalue weighted by atomic mass is 16.7. The molecule has 0 amide bonds. The van der Waals surface area contributed by atoms with Crippen molar-refractivity contribution in [1.82, 2.24) is 10.4 Å². The van der Waals surface area contributed by atoms with E-state index < -0.39 is 43.1 Å². The van der Waals surface area contributed by atoms with Gasteiger partial charge in [-0.05, 0) is 71.2 Å². The number of rotatable bonds is 10. The number of carbonyl (C=O) groups is 1. The Balaban J connectivity index is 1.75. The Labute approximate surface area is 217 Å². The molecule has 1 saturated heterocycles. The third-order valence-electron chi connectivity index (χ3n) is 6.17. The van der Waals surface area contributed by atoms with E-state index in [2.05, 4.69) is 5.43 Å². The Morgan fingerprint density at radius 2 is 1.73 bits per heavy atom. The fraction of sp³-hybridized carbons (Fsp3) is 0.654. The average molecular weight is 525 g/mol. The zero-order valence-corrected chi connectivity index (χ0v) is 22.3. The number of aliphatic hydroxyl groups is 3. The van der Waals surface area contributed by atoms with E-state index in [0.29, 0.717) is 6.42 Å². The van der Waals surface area contributed by atoms with Crippen molar-refractivity contribution in [2.24, 2.45) is 0 Å². The fourth-order valence-electron chi connectivity index (χ4n) is 4.30. The van der Waals surface area contributed by atoms with Crippen molar-refractivity contribution in [2.45, 2.75) is 97.0 Å². The van der Waals surface area contributed by atoms with E-state index in [4.69, 9.17) is 23.7 Å². The first-order valence-electron chi connectivity index (χ1n) is 12.7. The summed E-state index contributed by atoms with van der Waals surface area (Å²) >= 11 is 0. The molecule has 0 radical (unpaired) electrons. The SMILES string of the molecule is CCOC(=O)OC[C@H]1O[C@@H](OC2NN(C(C)C)C(C)=C2Cc2ccc(OC(C)C)cc2)[C@H](O)[C@@H](O)[C@@H]1O. The number of ether oxygens (including phenoxy) is 5. The summed E-state index contributed by atoms with van der Waals surface area (Å²) in [5, 5.41) is 33.3. The summed E-state index contributed by atoms with van der Waals surface area (Å²) in [6, 6.07) is 7.93. The lowest BCUT2D eigenvalue weighted by Gasteiger charge is -2.41. The van der Waals surface area contributed by atoms with Crippen LogP contribution < -0.4 is 10.2 Å². The summed E-state index contributed by atoms with van der Waals surface area (Å²) in [5.41, 5.74) is 6.22. The molecule has 1 fully saturated rings. The first-order chi connectivity index (χ1) is 17.5. The smallest absolute Gasteiger partial charge is 0.491 e. The molecule has 4 N–H and O–H groups in total. The summed E-state index contributed by atoms with van der Waals surface area (Å²) in [7, 11) is 0. The highest BCUT2D eigenvalue weighted by Gasteiger charge is 2.47. The zero-order valence-electron chi connectivity index (χ0n) is 22.3. The standard InChI is InChI=1S/C26H40N2O9/c1-7-33-26(32)34-13-20-21(29)22(30)23(31)25(36-20)37-24-19(16(6)28(27-24)14(2)3)12-17-8-10-18(11-9-17)35-15(4)5/h8-11,14-15,20-25,27,29-31H,7,12-13H2,1-6H3/t20-,21-,22+,23-,24?,25+/m1/s1. The maximum atomic E-state index is 11.6. The zero-order chi connectivity index (χ0) is 27.3. The van der Waals surface area contributed by atoms with Gasteiger partial charge in [-0.25, -0.2) is 10.2 Å². The van der Waals surface area contributed by atoms with Gasteiger partial charge in [-0.15, -0.1) is 0 Å². The molecule has 0 spiro atoms. The van der Waals surface area contributed by atoms with Crippen LogP contribution in [0.5, 0.6) is 5.75 Å². The Morgan fingerprint density at radius 1 is 1.05 bits per heavy atom. The van der Waals surface area contributed by atoms with Crippen LogP contribution in [0.3, 0.4) is 0 Å². The molecule has 2 heterocycles. The van der Waals surface area contributed by atoms with Crippen LogP contribution in [0, 0.1) is 0 Å². The minimum Gasteiger partial charge on any atom is -0.491 e. The fourth-order valence-corrected chi connectivity index (χ4v) is 4.30. The lowest BCUT2D eigenvalue weighted by molar-refractivity contribution is -0.312. The largest absolute Gasteiger partial charge is 0.508 e. The Morgan fingerprint density at radius 3 is 2.32 bits per heavy atom. The number of allylic oxidation sites excluding steroid dienone is 1. The number of nitrogens with one attached hydrogen (secondary N) is 1. The quantitative estimate of drug-likeness (QED) is 0.333. The topological polar surface area (TPSA) is 139 Å². The Kier molecular flexibility index (Phi) is 10.2. The van der Waals surface area contributed by atoms with Gasteiger partial charge in [0.15, 0.2) is 12.5 Å². The van der Waals surface area contributed by atoms with E-state index in [1.165, 1.54) is 0 Å². The molecule has 1 aromatic rings. The molecule has 11 nitrogen and oxygen atoms in total. The number of nitrogens with zero attached hydrogens (tertiary/aromatic N) is 1. The summed E-state index contributed by atoms with van der Waals surface area (Å²) < 4.78 is 27.3. The van der Waals surface area contributed by atoms with Crippen molar-refractivity contribution in [1.29, 1.82) is 0 Å². The van der Waals surface area contributed by atoms with Gasteiger partial charge in [0, 0.05) is 11.7 Å². The lowest BCUT2D eigenvalue weighted by Crippen LogP contribution is -2.60. The van der Waals surface area contributed by atoms with E-state index in [1.54, 1.807) is 6.92 Å². The molecule has 0 aromatic heterocycles. The lowest BCUT2D eigenvalue weighted by atomic mass is 9.99. The number of carbonyl (C=O) groups excluding carboxylic acids is 1. The molecule has 37 heavy (non-hydrogen) atoms. The highest BCUT2D eigenvalue weighted by molar-refractivity contribution is 5.59. The van der Waals surface area contributed by atoms with Crippen LogP contribution in [0.2, 0.25) is 0 Å². The number of aliphatic hydroxyl groups excluding tert-OH is 3. The maximum absolute atomic E-state index is 11.6. The van der Waals surface area contributed by atoms with Crippen LogP contribution >= 0.6 is 0 Å². The number of benzene rings is 1. The number of hydrogen-bond donors (Lipinski definition) is 4. The first-order valence-corrected chi connectivity index (χ1v) is 12.7. The maximum Gasteiger partial charge on any atom is 0.508 e. The van der Waals surface area contributed by atoms with Crippen LogP contribution in [0.4, 0.5) is 4.79 Å². The second-order valence-corrected chi connectivity index (χ2v) is 9.72. The first kappa shape index (κ1) is 29.2. The Bertz CT molecular complexity index is 921. The molecular weight excluding hydrogens is 484 g/mol. The molecule has 0 aliphatic carbocycles. The van der Waals surface area contributed by atoms with Gasteiger partial charge in [0.2, 0.25) is 0 Å². The predicted octanol–water partition coefficient (Wildman–Crippen LogP) is 1.84. The van der Waals surface area contributed by atoms with E-state index in [9.17, 15) is 20.1 Å². The third kappa shape index (κ3) is 7.34. The van der Waals surface area contributed by atoms with Gasteiger partial charge in [0.1, 0.15) is 36.8 Å². The minimum atomic E-state index is -1.57. The van der Waals surface area contributed by atoms with Crippen LogP contribution in [0.25, 0.3) is 0 Å². The second-order valence-electron chi connectivity index (χ2n) is 9.72. The summed E-state index contributed by atoms with van der Waals surface area (Å²) in [5.74, 6) is 0.785. The minimum absolute atomic E-state index is 0.0783. The van der Waals surface area contributed by atoms with Crippen LogP contribution in [-0.2, 0) is 25.4 Å². The van der Waals surface area contributed by atoms with Crippen molar-refractivity contribution < 1.29 is 43.8 Å². The third-order valence-corrected chi connectivity index (χ3v) is 6.17. The average Bonchev–Trinajstić information content (AvgIpc) is 3.14. The monoisotopic (exact) mass is 524 g/mol.